The summed E-state index contributed by atoms with van der Waals surface area (Å²) < 4.78 is 54.0. The second-order valence-corrected chi connectivity index (χ2v) is 17.6. The standard InChI is InChI=1S/C45H82O12S/c1-3-5-7-9-11-13-15-17-19-21-23-25-27-29-31-33-40(46)54-35-38(36-55-45-44(50)43(49)42(48)39(57-45)37-58(51,52)53)56-41(47)34-32-30-28-26-24-22-20-18-16-14-12-10-8-6-4-2/h13,15,28,30,38-39,42-45,48-50H,3-12,14,16-27,29,31-37H2,1-2H3,(H,51,52,53)/b15-13+,30-28+/t38-,39-,42-,43?,44?,45+/m1/s1. The fourth-order valence-electron chi connectivity index (χ4n) is 6.92. The third-order valence-corrected chi connectivity index (χ3v) is 11.3. The molecule has 340 valence electrons. The molecule has 6 atom stereocenters. The number of esters is 2. The lowest BCUT2D eigenvalue weighted by molar-refractivity contribution is -0.297. The molecule has 0 spiro atoms. The van der Waals surface area contributed by atoms with Crippen LogP contribution in [0.15, 0.2) is 24.3 Å². The summed E-state index contributed by atoms with van der Waals surface area (Å²) in [6.45, 7) is 3.72. The largest absolute Gasteiger partial charge is 0.462 e. The summed E-state index contributed by atoms with van der Waals surface area (Å²) in [7, 11) is -4.60. The molecule has 1 aliphatic rings. The summed E-state index contributed by atoms with van der Waals surface area (Å²) in [6, 6.07) is 0. The Kier molecular flexibility index (Phi) is 33.5. The number of unbranched alkanes of at least 4 members (excludes halogenated alkanes) is 22. The third-order valence-electron chi connectivity index (χ3n) is 10.5. The van der Waals surface area contributed by atoms with Crippen molar-refractivity contribution in [1.29, 1.82) is 0 Å². The maximum atomic E-state index is 12.8. The van der Waals surface area contributed by atoms with Crippen LogP contribution in [-0.2, 0) is 38.7 Å². The number of carbonyl (C=O) groups excluding carboxylic acids is 2. The van der Waals surface area contributed by atoms with Crippen LogP contribution in [0.2, 0.25) is 0 Å². The molecule has 13 heteroatoms. The van der Waals surface area contributed by atoms with Crippen molar-refractivity contribution in [2.45, 2.75) is 230 Å². The first-order valence-electron chi connectivity index (χ1n) is 22.9. The number of rotatable bonds is 38. The van der Waals surface area contributed by atoms with Gasteiger partial charge in [0, 0.05) is 12.8 Å². The van der Waals surface area contributed by atoms with Gasteiger partial charge in [0.2, 0.25) is 0 Å². The molecule has 0 aromatic carbocycles. The maximum absolute atomic E-state index is 12.8. The van der Waals surface area contributed by atoms with Gasteiger partial charge in [-0.3, -0.25) is 14.1 Å². The first-order valence-corrected chi connectivity index (χ1v) is 24.5. The van der Waals surface area contributed by atoms with Crippen molar-refractivity contribution < 1.29 is 56.8 Å². The Hall–Kier alpha value is -1.87. The molecular weight excluding hydrogens is 765 g/mol. The Morgan fingerprint density at radius 1 is 0.569 bits per heavy atom. The number of ether oxygens (including phenoxy) is 4. The third kappa shape index (κ3) is 30.2. The fraction of sp³-hybridized carbons (Fsp3) is 0.867. The summed E-state index contributed by atoms with van der Waals surface area (Å²) in [5.74, 6) is -2.04. The highest BCUT2D eigenvalue weighted by molar-refractivity contribution is 7.85. The number of aliphatic hydroxyl groups excluding tert-OH is 3. The molecule has 58 heavy (non-hydrogen) atoms. The van der Waals surface area contributed by atoms with Gasteiger partial charge in [-0.05, 0) is 51.4 Å². The van der Waals surface area contributed by atoms with Crippen molar-refractivity contribution in [1.82, 2.24) is 0 Å². The Bertz CT molecular complexity index is 1180. The number of hydrogen-bond acceptors (Lipinski definition) is 11. The summed E-state index contributed by atoms with van der Waals surface area (Å²) in [5.41, 5.74) is 0. The van der Waals surface area contributed by atoms with Crippen molar-refractivity contribution in [3.8, 4) is 0 Å². The lowest BCUT2D eigenvalue weighted by Gasteiger charge is -2.40. The molecule has 1 saturated heterocycles. The van der Waals surface area contributed by atoms with Crippen LogP contribution in [-0.4, -0.2) is 96.0 Å². The van der Waals surface area contributed by atoms with E-state index in [2.05, 4.69) is 32.1 Å². The molecule has 0 radical (unpaired) electrons. The average molecular weight is 847 g/mol. The first kappa shape index (κ1) is 54.1. The van der Waals surface area contributed by atoms with Crippen LogP contribution in [0.3, 0.4) is 0 Å². The van der Waals surface area contributed by atoms with Crippen molar-refractivity contribution in [3.05, 3.63) is 24.3 Å². The quantitative estimate of drug-likeness (QED) is 0.0200. The lowest BCUT2D eigenvalue weighted by Crippen LogP contribution is -2.60. The van der Waals surface area contributed by atoms with Crippen molar-refractivity contribution >= 4 is 22.1 Å². The smallest absolute Gasteiger partial charge is 0.306 e. The molecule has 4 N–H and O–H groups in total. The van der Waals surface area contributed by atoms with Gasteiger partial charge in [0.15, 0.2) is 12.4 Å². The van der Waals surface area contributed by atoms with Gasteiger partial charge in [-0.1, -0.05) is 154 Å². The van der Waals surface area contributed by atoms with E-state index in [0.717, 1.165) is 38.5 Å². The predicted molar refractivity (Wildman–Crippen MR) is 229 cm³/mol. The Morgan fingerprint density at radius 3 is 1.52 bits per heavy atom. The molecule has 0 aromatic rings. The summed E-state index contributed by atoms with van der Waals surface area (Å²) in [6.07, 6.45) is 29.5. The monoisotopic (exact) mass is 847 g/mol. The summed E-state index contributed by atoms with van der Waals surface area (Å²) in [4.78, 5) is 25.4. The van der Waals surface area contributed by atoms with Gasteiger partial charge in [0.1, 0.15) is 36.8 Å². The zero-order chi connectivity index (χ0) is 42.7. The zero-order valence-corrected chi connectivity index (χ0v) is 37.0. The second-order valence-electron chi connectivity index (χ2n) is 16.1. The van der Waals surface area contributed by atoms with Crippen LogP contribution in [0, 0.1) is 0 Å². The van der Waals surface area contributed by atoms with Gasteiger partial charge in [-0.2, -0.15) is 8.42 Å². The number of hydrogen-bond donors (Lipinski definition) is 4. The van der Waals surface area contributed by atoms with E-state index in [9.17, 15) is 37.9 Å². The van der Waals surface area contributed by atoms with Crippen LogP contribution < -0.4 is 0 Å². The maximum Gasteiger partial charge on any atom is 0.306 e. The second kappa shape index (κ2) is 35.8. The van der Waals surface area contributed by atoms with E-state index in [4.69, 9.17) is 18.9 Å². The summed E-state index contributed by atoms with van der Waals surface area (Å²) >= 11 is 0. The molecule has 1 aliphatic heterocycles. The van der Waals surface area contributed by atoms with Crippen LogP contribution >= 0.6 is 0 Å². The Morgan fingerprint density at radius 2 is 1.02 bits per heavy atom. The van der Waals surface area contributed by atoms with Gasteiger partial charge in [0.05, 0.1) is 6.61 Å². The summed E-state index contributed by atoms with van der Waals surface area (Å²) in [5, 5.41) is 30.9. The highest BCUT2D eigenvalue weighted by Crippen LogP contribution is 2.24. The van der Waals surface area contributed by atoms with E-state index in [1.54, 1.807) is 0 Å². The highest BCUT2D eigenvalue weighted by atomic mass is 32.2. The van der Waals surface area contributed by atoms with Crippen LogP contribution in [0.25, 0.3) is 0 Å². The minimum atomic E-state index is -4.60. The minimum Gasteiger partial charge on any atom is -0.462 e. The minimum absolute atomic E-state index is 0.0823. The molecule has 1 rings (SSSR count). The van der Waals surface area contributed by atoms with Crippen molar-refractivity contribution in [3.63, 3.8) is 0 Å². The molecule has 1 fully saturated rings. The number of aliphatic hydroxyl groups is 3. The van der Waals surface area contributed by atoms with Crippen molar-refractivity contribution in [2.24, 2.45) is 0 Å². The van der Waals surface area contributed by atoms with Crippen LogP contribution in [0.1, 0.15) is 194 Å². The van der Waals surface area contributed by atoms with E-state index in [0.29, 0.717) is 12.8 Å². The average Bonchev–Trinajstić information content (AvgIpc) is 3.18. The topological polar surface area (TPSA) is 186 Å². The predicted octanol–water partition coefficient (Wildman–Crippen LogP) is 9.23. The number of allylic oxidation sites excluding steroid dienone is 4. The Labute approximate surface area is 351 Å². The van der Waals surface area contributed by atoms with E-state index in [1.165, 1.54) is 116 Å². The molecule has 12 nitrogen and oxygen atoms in total. The molecule has 0 aromatic heterocycles. The molecular formula is C45H82O12S. The van der Waals surface area contributed by atoms with Gasteiger partial charge in [0.25, 0.3) is 10.1 Å². The van der Waals surface area contributed by atoms with Crippen LogP contribution in [0.4, 0.5) is 0 Å². The SMILES string of the molecule is CCCCCC/C=C/CCCCCCCCCC(=O)OC[C@H](CO[C@H]1O[C@H](CS(=O)(=O)O)[C@@H](O)C(O)C1O)OC(=O)CC/C=C/CCCCCCCCCCCCC. The molecule has 0 bridgehead atoms. The van der Waals surface area contributed by atoms with E-state index >= 15 is 0 Å². The number of carbonyl (C=O) groups is 2. The van der Waals surface area contributed by atoms with Gasteiger partial charge in [-0.25, -0.2) is 0 Å². The zero-order valence-electron chi connectivity index (χ0n) is 36.2. The molecule has 0 saturated carbocycles. The fourth-order valence-corrected chi connectivity index (χ4v) is 7.62. The molecule has 0 aliphatic carbocycles. The van der Waals surface area contributed by atoms with Gasteiger partial charge >= 0.3 is 11.9 Å². The first-order chi connectivity index (χ1) is 28.0. The molecule has 0 amide bonds. The van der Waals surface area contributed by atoms with Crippen LogP contribution in [0.5, 0.6) is 0 Å². The van der Waals surface area contributed by atoms with E-state index in [1.807, 2.05) is 6.08 Å². The normalized spacial score (nSPS) is 20.6. The Balaban J connectivity index is 2.46. The van der Waals surface area contributed by atoms with E-state index in [-0.39, 0.29) is 19.4 Å². The lowest BCUT2D eigenvalue weighted by atomic mass is 10.00. The van der Waals surface area contributed by atoms with Crippen molar-refractivity contribution in [2.75, 3.05) is 19.0 Å². The highest BCUT2D eigenvalue weighted by Gasteiger charge is 2.46. The molecule has 1 heterocycles. The molecule has 2 unspecified atom stereocenters. The van der Waals surface area contributed by atoms with Gasteiger partial charge in [-0.15, -0.1) is 0 Å². The van der Waals surface area contributed by atoms with Gasteiger partial charge < -0.3 is 34.3 Å². The van der Waals surface area contributed by atoms with E-state index < -0.39 is 71.2 Å².